The molecule has 8 aromatic rings. The second-order valence-electron chi connectivity index (χ2n) is 15.3. The quantitative estimate of drug-likeness (QED) is 0.176. The molecule has 0 spiro atoms. The van der Waals surface area contributed by atoms with Gasteiger partial charge in [-0.05, 0) is 93.7 Å². The molecule has 8 rings (SSSR count). The molecule has 2 aromatic heterocycles. The summed E-state index contributed by atoms with van der Waals surface area (Å²) in [6.07, 6.45) is 0. The summed E-state index contributed by atoms with van der Waals surface area (Å²) in [4.78, 5) is 3.85. The van der Waals surface area contributed by atoms with Gasteiger partial charge in [0.25, 0.3) is 0 Å². The zero-order chi connectivity index (χ0) is 34.9. The number of hydrogen-bond acceptors (Lipinski definition) is 1. The summed E-state index contributed by atoms with van der Waals surface area (Å²) in [7, 11) is 0. The van der Waals surface area contributed by atoms with Crippen LogP contribution < -0.4 is 0 Å². The molecule has 0 aliphatic rings. The van der Waals surface area contributed by atoms with E-state index >= 15 is 0 Å². The third-order valence-corrected chi connectivity index (χ3v) is 10.1. The minimum Gasteiger partial charge on any atom is -0.318 e. The molecule has 0 unspecified atom stereocenters. The summed E-state index contributed by atoms with van der Waals surface area (Å²) in [5.74, 6) is 0. The van der Waals surface area contributed by atoms with Crippen molar-refractivity contribution in [2.45, 2.75) is 52.4 Å². The predicted octanol–water partition coefficient (Wildman–Crippen LogP) is 12.6. The van der Waals surface area contributed by atoms with Crippen LogP contribution >= 0.6 is 0 Å². The molecule has 0 aliphatic heterocycles. The average molecular weight is 647 g/mol. The molecule has 0 aliphatic carbocycles. The Morgan fingerprint density at radius 1 is 0.540 bits per heavy atom. The third kappa shape index (κ3) is 4.88. The number of rotatable bonds is 3. The largest absolute Gasteiger partial charge is 0.318 e. The number of para-hydroxylation sites is 2. The second kappa shape index (κ2) is 11.2. The van der Waals surface area contributed by atoms with Crippen LogP contribution in [0.5, 0.6) is 0 Å². The summed E-state index contributed by atoms with van der Waals surface area (Å²) in [5, 5.41) is 14.8. The van der Waals surface area contributed by atoms with E-state index in [1.807, 2.05) is 0 Å². The summed E-state index contributed by atoms with van der Waals surface area (Å²) >= 11 is 0. The Kier molecular flexibility index (Phi) is 7.00. The van der Waals surface area contributed by atoms with Crippen LogP contribution in [0.1, 0.15) is 58.2 Å². The maximum Gasteiger partial charge on any atom is 0.211 e. The van der Waals surface area contributed by atoms with E-state index in [9.17, 15) is 5.26 Å². The SMILES string of the molecule is [C-]#[N+]c1cccc(C#N)c1-n1c2ccc(-c3ccc4c5cc(C(C)(C)C)ccc5n(-c5ccccc5)c4c3)cc2c2cc(C(C)(C)C)ccc21. The van der Waals surface area contributed by atoms with Crippen molar-refractivity contribution in [1.82, 2.24) is 9.13 Å². The van der Waals surface area contributed by atoms with E-state index in [1.165, 1.54) is 27.4 Å². The van der Waals surface area contributed by atoms with Gasteiger partial charge in [0.1, 0.15) is 0 Å². The van der Waals surface area contributed by atoms with Gasteiger partial charge in [0.15, 0.2) is 0 Å². The van der Waals surface area contributed by atoms with Crippen LogP contribution in [0.15, 0.2) is 121 Å². The molecule has 6 aromatic carbocycles. The van der Waals surface area contributed by atoms with Crippen molar-refractivity contribution in [2.24, 2.45) is 0 Å². The summed E-state index contributed by atoms with van der Waals surface area (Å²) in [6, 6.07) is 45.3. The molecule has 0 saturated heterocycles. The molecule has 0 amide bonds. The van der Waals surface area contributed by atoms with Crippen LogP contribution in [0.3, 0.4) is 0 Å². The molecule has 4 heteroatoms. The Balaban J connectivity index is 1.41. The molecule has 0 radical (unpaired) electrons. The number of nitrogens with zero attached hydrogens (tertiary/aromatic N) is 4. The van der Waals surface area contributed by atoms with E-state index in [2.05, 4.69) is 165 Å². The summed E-state index contributed by atoms with van der Waals surface area (Å²) in [6.45, 7) is 21.4. The Morgan fingerprint density at radius 3 is 1.72 bits per heavy atom. The average Bonchev–Trinajstić information content (AvgIpc) is 3.61. The van der Waals surface area contributed by atoms with Crippen molar-refractivity contribution < 1.29 is 0 Å². The summed E-state index contributed by atoms with van der Waals surface area (Å²) < 4.78 is 4.49. The zero-order valence-corrected chi connectivity index (χ0v) is 29.3. The highest BCUT2D eigenvalue weighted by Gasteiger charge is 2.22. The lowest BCUT2D eigenvalue weighted by molar-refractivity contribution is 0.591. The van der Waals surface area contributed by atoms with Crippen molar-refractivity contribution in [3.05, 3.63) is 149 Å². The van der Waals surface area contributed by atoms with Crippen LogP contribution in [0.25, 0.3) is 71.0 Å². The fraction of sp³-hybridized carbons (Fsp3) is 0.174. The lowest BCUT2D eigenvalue weighted by atomic mass is 9.86. The highest BCUT2D eigenvalue weighted by atomic mass is 15.0. The molecule has 4 nitrogen and oxygen atoms in total. The van der Waals surface area contributed by atoms with Gasteiger partial charge in [-0.2, -0.15) is 5.26 Å². The van der Waals surface area contributed by atoms with E-state index in [0.717, 1.165) is 44.1 Å². The van der Waals surface area contributed by atoms with Crippen molar-refractivity contribution in [1.29, 1.82) is 5.26 Å². The Labute approximate surface area is 293 Å². The first-order valence-electron chi connectivity index (χ1n) is 17.1. The van der Waals surface area contributed by atoms with E-state index < -0.39 is 0 Å². The van der Waals surface area contributed by atoms with Crippen LogP contribution in [-0.2, 0) is 10.8 Å². The first kappa shape index (κ1) is 31.2. The first-order valence-corrected chi connectivity index (χ1v) is 17.1. The van der Waals surface area contributed by atoms with Gasteiger partial charge in [-0.3, -0.25) is 0 Å². The lowest BCUT2D eigenvalue weighted by Crippen LogP contribution is -2.10. The van der Waals surface area contributed by atoms with Gasteiger partial charge in [0, 0.05) is 27.2 Å². The molecular formula is C46H38N4. The van der Waals surface area contributed by atoms with Crippen LogP contribution in [0.4, 0.5) is 5.69 Å². The highest BCUT2D eigenvalue weighted by molar-refractivity contribution is 6.13. The molecule has 0 fully saturated rings. The van der Waals surface area contributed by atoms with Crippen molar-refractivity contribution >= 4 is 49.3 Å². The topological polar surface area (TPSA) is 38.0 Å². The molecule has 0 N–H and O–H groups in total. The number of hydrogen-bond donors (Lipinski definition) is 0. The predicted molar refractivity (Wildman–Crippen MR) is 209 cm³/mol. The van der Waals surface area contributed by atoms with Gasteiger partial charge < -0.3 is 9.13 Å². The standard InChI is InChI=1S/C46H38N4/c1-45(2,3)32-18-22-40-37(26-32)35-20-16-30(25-43(35)49(40)34-13-9-8-10-14-34)29-17-21-41-36(24-29)38-27-33(46(4,5)6)19-23-42(38)50(41)44-31(28-47)12-11-15-39(44)48-7/h8-27H,1-6H3. The van der Waals surface area contributed by atoms with Gasteiger partial charge in [0.05, 0.1) is 46.0 Å². The minimum absolute atomic E-state index is 0.0417. The van der Waals surface area contributed by atoms with E-state index in [0.29, 0.717) is 16.9 Å². The minimum atomic E-state index is -0.0464. The van der Waals surface area contributed by atoms with Gasteiger partial charge >= 0.3 is 0 Å². The summed E-state index contributed by atoms with van der Waals surface area (Å²) in [5.41, 5.74) is 11.8. The Morgan fingerprint density at radius 2 is 1.10 bits per heavy atom. The first-order chi connectivity index (χ1) is 24.0. The molecule has 50 heavy (non-hydrogen) atoms. The Hall–Kier alpha value is -6.10. The number of benzene rings is 6. The van der Waals surface area contributed by atoms with Gasteiger partial charge in [-0.15, -0.1) is 0 Å². The van der Waals surface area contributed by atoms with Gasteiger partial charge in [0.2, 0.25) is 5.69 Å². The normalized spacial score (nSPS) is 12.2. The van der Waals surface area contributed by atoms with E-state index in [1.54, 1.807) is 18.2 Å². The number of nitriles is 1. The number of fused-ring (bicyclic) bond motifs is 6. The van der Waals surface area contributed by atoms with Crippen LogP contribution in [-0.4, -0.2) is 9.13 Å². The van der Waals surface area contributed by atoms with E-state index in [-0.39, 0.29) is 10.8 Å². The molecule has 0 bridgehead atoms. The van der Waals surface area contributed by atoms with Gasteiger partial charge in [-0.25, -0.2) is 4.85 Å². The number of aromatic nitrogens is 2. The second-order valence-corrected chi connectivity index (χ2v) is 15.3. The molecule has 0 atom stereocenters. The van der Waals surface area contributed by atoms with Gasteiger partial charge in [-0.1, -0.05) is 102 Å². The molecule has 2 heterocycles. The van der Waals surface area contributed by atoms with Crippen LogP contribution in [0, 0.1) is 17.9 Å². The molecule has 242 valence electrons. The fourth-order valence-corrected chi connectivity index (χ4v) is 7.38. The van der Waals surface area contributed by atoms with Crippen LogP contribution in [0.2, 0.25) is 0 Å². The maximum absolute atomic E-state index is 10.2. The maximum atomic E-state index is 10.2. The van der Waals surface area contributed by atoms with Crippen molar-refractivity contribution in [3.63, 3.8) is 0 Å². The lowest BCUT2D eigenvalue weighted by Gasteiger charge is -2.19. The van der Waals surface area contributed by atoms with Crippen molar-refractivity contribution in [2.75, 3.05) is 0 Å². The molecular weight excluding hydrogens is 609 g/mol. The highest BCUT2D eigenvalue weighted by Crippen LogP contribution is 2.42. The molecule has 0 saturated carbocycles. The third-order valence-electron chi connectivity index (χ3n) is 10.1. The van der Waals surface area contributed by atoms with Crippen molar-refractivity contribution in [3.8, 4) is 28.6 Å². The fourth-order valence-electron chi connectivity index (χ4n) is 7.38. The monoisotopic (exact) mass is 646 g/mol. The zero-order valence-electron chi connectivity index (χ0n) is 29.3. The Bertz CT molecular complexity index is 2700. The smallest absolute Gasteiger partial charge is 0.211 e. The van der Waals surface area contributed by atoms with E-state index in [4.69, 9.17) is 6.57 Å².